The van der Waals surface area contributed by atoms with Crippen molar-refractivity contribution in [3.05, 3.63) is 93.0 Å². The Hall–Kier alpha value is -3.72. The molecule has 0 amide bonds. The first kappa shape index (κ1) is 23.4. The van der Waals surface area contributed by atoms with Gasteiger partial charge in [0.1, 0.15) is 0 Å². The summed E-state index contributed by atoms with van der Waals surface area (Å²) < 4.78 is 42.4. The van der Waals surface area contributed by atoms with E-state index in [4.69, 9.17) is 0 Å². The Labute approximate surface area is 196 Å². The Morgan fingerprint density at radius 1 is 0.941 bits per heavy atom. The third kappa shape index (κ3) is 4.79. The van der Waals surface area contributed by atoms with Crippen LogP contribution < -0.4 is 16.0 Å². The number of nitrogens with zero attached hydrogens (tertiary/aromatic N) is 1. The molecule has 0 aliphatic rings. The fourth-order valence-electron chi connectivity index (χ4n) is 3.73. The second-order valence-corrected chi connectivity index (χ2v) is 11.0. The van der Waals surface area contributed by atoms with Gasteiger partial charge in [0.15, 0.2) is 5.82 Å². The van der Waals surface area contributed by atoms with Gasteiger partial charge >= 0.3 is 5.69 Å². The fraction of sp³-hybridized carbons (Fsp3) is 0.200. The van der Waals surface area contributed by atoms with Crippen LogP contribution in [0, 0.1) is 5.82 Å². The number of sulfonamides is 1. The van der Waals surface area contributed by atoms with Gasteiger partial charge in [0.05, 0.1) is 11.9 Å². The molecule has 4 rings (SSSR count). The number of nitrogens with one attached hydrogen (secondary N) is 2. The molecule has 0 bridgehead atoms. The topological polar surface area (TPSA) is 101 Å². The third-order valence-corrected chi connectivity index (χ3v) is 6.06. The van der Waals surface area contributed by atoms with Gasteiger partial charge < -0.3 is 0 Å². The molecule has 0 saturated carbocycles. The largest absolute Gasteiger partial charge is 0.333 e. The van der Waals surface area contributed by atoms with Gasteiger partial charge in [-0.25, -0.2) is 17.6 Å². The van der Waals surface area contributed by atoms with Crippen molar-refractivity contribution < 1.29 is 12.8 Å². The number of halogens is 1. The highest BCUT2D eigenvalue weighted by Gasteiger charge is 2.21. The Kier molecular flexibility index (Phi) is 5.69. The Morgan fingerprint density at radius 3 is 2.26 bits per heavy atom. The van der Waals surface area contributed by atoms with Crippen LogP contribution in [0.25, 0.3) is 27.6 Å². The van der Waals surface area contributed by atoms with Crippen molar-refractivity contribution in [1.29, 1.82) is 0 Å². The summed E-state index contributed by atoms with van der Waals surface area (Å²) in [5.74, 6) is -0.600. The van der Waals surface area contributed by atoms with E-state index in [2.05, 4.69) is 9.71 Å². The fourth-order valence-corrected chi connectivity index (χ4v) is 4.28. The van der Waals surface area contributed by atoms with Crippen LogP contribution in [0.4, 0.5) is 10.1 Å². The van der Waals surface area contributed by atoms with Gasteiger partial charge in [0, 0.05) is 23.5 Å². The molecule has 0 fully saturated rings. The molecule has 0 spiro atoms. The standard InChI is InChI=1S/C25H24FN3O4S/c1-25(2,3)18-13-20(23(26)21(14-18)29-10-9-22(30)27-24(29)31)17-6-5-16-12-19(28-34(4,32)33)8-7-15(16)11-17/h5-14,28H,1-4H3,(H,27,30,31). The molecule has 0 unspecified atom stereocenters. The Morgan fingerprint density at radius 2 is 1.62 bits per heavy atom. The summed E-state index contributed by atoms with van der Waals surface area (Å²) in [6.07, 6.45) is 2.34. The molecule has 2 N–H and O–H groups in total. The van der Waals surface area contributed by atoms with E-state index in [0.29, 0.717) is 16.8 Å². The van der Waals surface area contributed by atoms with Gasteiger partial charge in [-0.3, -0.25) is 19.1 Å². The second kappa shape index (κ2) is 8.25. The van der Waals surface area contributed by atoms with Crippen LogP contribution in [-0.2, 0) is 15.4 Å². The molecule has 0 radical (unpaired) electrons. The lowest BCUT2D eigenvalue weighted by Crippen LogP contribution is -2.28. The van der Waals surface area contributed by atoms with E-state index >= 15 is 4.39 Å². The average molecular weight is 482 g/mol. The smallest absolute Gasteiger partial charge is 0.284 e. The molecule has 3 aromatic carbocycles. The zero-order chi connectivity index (χ0) is 24.8. The SMILES string of the molecule is CC(C)(C)c1cc(-c2ccc3cc(NS(C)(=O)=O)ccc3c2)c(F)c(-n2ccc(=O)[nH]c2=O)c1. The monoisotopic (exact) mass is 481 g/mol. The number of fused-ring (bicyclic) bond motifs is 1. The minimum atomic E-state index is -3.41. The first-order valence-electron chi connectivity index (χ1n) is 10.5. The quantitative estimate of drug-likeness (QED) is 0.457. The van der Waals surface area contributed by atoms with Crippen molar-refractivity contribution in [3.63, 3.8) is 0 Å². The highest BCUT2D eigenvalue weighted by atomic mass is 32.2. The first-order chi connectivity index (χ1) is 15.8. The highest BCUT2D eigenvalue weighted by Crippen LogP contribution is 2.35. The molecular weight excluding hydrogens is 457 g/mol. The number of rotatable bonds is 4. The van der Waals surface area contributed by atoms with Crippen LogP contribution in [0.2, 0.25) is 0 Å². The van der Waals surface area contributed by atoms with Crippen molar-refractivity contribution in [1.82, 2.24) is 9.55 Å². The lowest BCUT2D eigenvalue weighted by Gasteiger charge is -2.22. The summed E-state index contributed by atoms with van der Waals surface area (Å²) in [4.78, 5) is 26.1. The maximum atomic E-state index is 15.8. The lowest BCUT2D eigenvalue weighted by atomic mass is 9.84. The van der Waals surface area contributed by atoms with E-state index in [9.17, 15) is 18.0 Å². The predicted molar refractivity (Wildman–Crippen MR) is 133 cm³/mol. The molecule has 34 heavy (non-hydrogen) atoms. The summed E-state index contributed by atoms with van der Waals surface area (Å²) >= 11 is 0. The van der Waals surface area contributed by atoms with E-state index in [1.807, 2.05) is 26.8 Å². The molecular formula is C25H24FN3O4S. The van der Waals surface area contributed by atoms with Gasteiger partial charge in [0.2, 0.25) is 10.0 Å². The number of hydrogen-bond acceptors (Lipinski definition) is 4. The molecule has 7 nitrogen and oxygen atoms in total. The molecule has 0 aliphatic carbocycles. The molecule has 176 valence electrons. The summed E-state index contributed by atoms with van der Waals surface area (Å²) in [7, 11) is -3.41. The van der Waals surface area contributed by atoms with Crippen LogP contribution in [0.1, 0.15) is 26.3 Å². The number of aromatic nitrogens is 2. The lowest BCUT2D eigenvalue weighted by molar-refractivity contribution is 0.580. The van der Waals surface area contributed by atoms with Crippen molar-refractivity contribution >= 4 is 26.5 Å². The van der Waals surface area contributed by atoms with E-state index in [1.54, 1.807) is 42.5 Å². The van der Waals surface area contributed by atoms with Crippen LogP contribution in [0.15, 0.2) is 70.4 Å². The molecule has 0 saturated heterocycles. The maximum absolute atomic E-state index is 15.8. The number of anilines is 1. The molecule has 9 heteroatoms. The maximum Gasteiger partial charge on any atom is 0.333 e. The zero-order valence-electron chi connectivity index (χ0n) is 19.1. The Balaban J connectivity index is 1.91. The van der Waals surface area contributed by atoms with Crippen LogP contribution >= 0.6 is 0 Å². The van der Waals surface area contributed by atoms with Gasteiger partial charge in [-0.15, -0.1) is 0 Å². The number of aromatic amines is 1. The van der Waals surface area contributed by atoms with Gasteiger partial charge in [-0.2, -0.15) is 0 Å². The van der Waals surface area contributed by atoms with Gasteiger partial charge in [0.25, 0.3) is 5.56 Å². The summed E-state index contributed by atoms with van der Waals surface area (Å²) in [6, 6.07) is 15.0. The van der Waals surface area contributed by atoms with E-state index in [0.717, 1.165) is 27.2 Å². The summed E-state index contributed by atoms with van der Waals surface area (Å²) in [5, 5.41) is 1.57. The summed E-state index contributed by atoms with van der Waals surface area (Å²) in [6.45, 7) is 5.96. The van der Waals surface area contributed by atoms with Crippen molar-refractivity contribution in [2.24, 2.45) is 0 Å². The normalized spacial score (nSPS) is 12.1. The Bertz CT molecular complexity index is 1650. The van der Waals surface area contributed by atoms with E-state index in [-0.39, 0.29) is 11.1 Å². The highest BCUT2D eigenvalue weighted by molar-refractivity contribution is 7.92. The van der Waals surface area contributed by atoms with Gasteiger partial charge in [-0.05, 0) is 57.6 Å². The molecule has 1 heterocycles. The molecule has 0 aliphatic heterocycles. The molecule has 4 aromatic rings. The second-order valence-electron chi connectivity index (χ2n) is 9.24. The number of benzene rings is 3. The molecule has 0 atom stereocenters. The average Bonchev–Trinajstić information content (AvgIpc) is 2.72. The predicted octanol–water partition coefficient (Wildman–Crippen LogP) is 4.15. The molecule has 1 aromatic heterocycles. The third-order valence-electron chi connectivity index (χ3n) is 5.46. The van der Waals surface area contributed by atoms with Gasteiger partial charge in [-0.1, -0.05) is 39.0 Å². The number of hydrogen-bond donors (Lipinski definition) is 2. The minimum absolute atomic E-state index is 0.0384. The van der Waals surface area contributed by atoms with Crippen molar-refractivity contribution in [2.75, 3.05) is 11.0 Å². The van der Waals surface area contributed by atoms with Crippen LogP contribution in [-0.4, -0.2) is 24.2 Å². The van der Waals surface area contributed by atoms with Crippen LogP contribution in [0.5, 0.6) is 0 Å². The number of H-pyrrole nitrogens is 1. The van der Waals surface area contributed by atoms with Crippen molar-refractivity contribution in [3.8, 4) is 16.8 Å². The minimum Gasteiger partial charge on any atom is -0.284 e. The first-order valence-corrected chi connectivity index (χ1v) is 12.4. The summed E-state index contributed by atoms with van der Waals surface area (Å²) in [5.41, 5.74) is 0.552. The van der Waals surface area contributed by atoms with Crippen molar-refractivity contribution in [2.45, 2.75) is 26.2 Å². The zero-order valence-corrected chi connectivity index (χ0v) is 20.0. The van der Waals surface area contributed by atoms with Crippen LogP contribution in [0.3, 0.4) is 0 Å². The van der Waals surface area contributed by atoms with E-state index in [1.165, 1.54) is 12.3 Å². The van der Waals surface area contributed by atoms with E-state index < -0.39 is 27.1 Å².